The van der Waals surface area contributed by atoms with Crippen molar-refractivity contribution < 1.29 is 14.6 Å². The summed E-state index contributed by atoms with van der Waals surface area (Å²) in [7, 11) is 0. The number of terminal acetylenes is 1. The number of benzene rings is 1. The molecule has 36 heavy (non-hydrogen) atoms. The molecule has 4 fully saturated rings. The van der Waals surface area contributed by atoms with Crippen molar-refractivity contribution >= 4 is 11.5 Å². The molecule has 1 aromatic carbocycles. The molecule has 7 atom stereocenters. The Hall–Kier alpha value is -2.09. The van der Waals surface area contributed by atoms with Crippen molar-refractivity contribution in [2.45, 2.75) is 77.7 Å². The zero-order chi connectivity index (χ0) is 25.5. The highest BCUT2D eigenvalue weighted by Crippen LogP contribution is 2.68. The zero-order valence-electron chi connectivity index (χ0n) is 22.3. The minimum Gasteiger partial charge on any atom is -0.393 e. The van der Waals surface area contributed by atoms with Gasteiger partial charge in [-0.1, -0.05) is 31.6 Å². The van der Waals surface area contributed by atoms with Gasteiger partial charge in [0.15, 0.2) is 5.78 Å². The molecule has 0 bridgehead atoms. The second-order valence-corrected chi connectivity index (χ2v) is 12.3. The Morgan fingerprint density at radius 3 is 2.47 bits per heavy atom. The number of ether oxygens (including phenoxy) is 1. The van der Waals surface area contributed by atoms with E-state index in [4.69, 9.17) is 4.74 Å². The van der Waals surface area contributed by atoms with Crippen LogP contribution in [0.5, 0.6) is 0 Å². The van der Waals surface area contributed by atoms with Gasteiger partial charge in [-0.3, -0.25) is 4.79 Å². The van der Waals surface area contributed by atoms with E-state index in [2.05, 4.69) is 55.4 Å². The number of aliphatic hydroxyl groups excluding tert-OH is 1. The second kappa shape index (κ2) is 9.99. The van der Waals surface area contributed by atoms with Crippen molar-refractivity contribution in [3.8, 4) is 12.3 Å². The predicted octanol–water partition coefficient (Wildman–Crippen LogP) is 5.75. The van der Waals surface area contributed by atoms with Gasteiger partial charge >= 0.3 is 0 Å². The number of rotatable bonds is 2. The smallest absolute Gasteiger partial charge is 0.155 e. The van der Waals surface area contributed by atoms with E-state index in [-0.39, 0.29) is 16.9 Å². The summed E-state index contributed by atoms with van der Waals surface area (Å²) in [5, 5.41) is 11.1. The van der Waals surface area contributed by atoms with E-state index >= 15 is 0 Å². The molecular weight excluding hydrogens is 446 g/mol. The Labute approximate surface area is 217 Å². The van der Waals surface area contributed by atoms with Crippen molar-refractivity contribution in [2.75, 3.05) is 31.2 Å². The van der Waals surface area contributed by atoms with Crippen LogP contribution < -0.4 is 4.90 Å². The summed E-state index contributed by atoms with van der Waals surface area (Å²) in [5.74, 6) is 4.81. The number of ketones is 1. The third kappa shape index (κ3) is 4.23. The minimum absolute atomic E-state index is 0.0107. The molecule has 194 valence electrons. The number of fused-ring (bicyclic) bond motifs is 5. The van der Waals surface area contributed by atoms with Gasteiger partial charge < -0.3 is 14.7 Å². The molecule has 4 aliphatic carbocycles. The minimum atomic E-state index is -0.184. The average molecular weight is 490 g/mol. The number of carbonyl (C=O) groups excluding carboxylic acids is 1. The monoisotopic (exact) mass is 489 g/mol. The zero-order valence-corrected chi connectivity index (χ0v) is 22.3. The van der Waals surface area contributed by atoms with E-state index in [0.29, 0.717) is 35.9 Å². The lowest BCUT2D eigenvalue weighted by Gasteiger charge is -2.61. The lowest BCUT2D eigenvalue weighted by atomic mass is 9.44. The first-order valence-electron chi connectivity index (χ1n) is 14.0. The molecule has 1 heterocycles. The first-order valence-corrected chi connectivity index (χ1v) is 14.0. The van der Waals surface area contributed by atoms with Gasteiger partial charge in [-0.25, -0.2) is 0 Å². The number of allylic oxidation sites excluding steroid dienone is 1. The number of aliphatic hydroxyl groups is 1. The van der Waals surface area contributed by atoms with E-state index < -0.39 is 0 Å². The van der Waals surface area contributed by atoms with Gasteiger partial charge in [-0.15, -0.1) is 12.3 Å². The van der Waals surface area contributed by atoms with Gasteiger partial charge in [0.1, 0.15) is 0 Å². The summed E-state index contributed by atoms with van der Waals surface area (Å²) in [4.78, 5) is 14.7. The number of anilines is 1. The lowest BCUT2D eigenvalue weighted by Crippen LogP contribution is -2.54. The molecule has 0 spiro atoms. The van der Waals surface area contributed by atoms with Gasteiger partial charge in [0.25, 0.3) is 0 Å². The maximum absolute atomic E-state index is 12.3. The van der Waals surface area contributed by atoms with Crippen LogP contribution in [0.15, 0.2) is 35.9 Å². The fraction of sp³-hybridized carbons (Fsp3) is 0.656. The summed E-state index contributed by atoms with van der Waals surface area (Å²) < 4.78 is 5.53. The third-order valence-corrected chi connectivity index (χ3v) is 10.6. The van der Waals surface area contributed by atoms with E-state index in [0.717, 1.165) is 58.4 Å². The van der Waals surface area contributed by atoms with Gasteiger partial charge in [-0.2, -0.15) is 0 Å². The highest BCUT2D eigenvalue weighted by atomic mass is 16.5. The molecule has 0 aromatic heterocycles. The summed E-state index contributed by atoms with van der Waals surface area (Å²) in [6, 6.07) is 9.35. The van der Waals surface area contributed by atoms with Crippen LogP contribution in [-0.4, -0.2) is 43.3 Å². The number of morpholine rings is 1. The van der Waals surface area contributed by atoms with Crippen molar-refractivity contribution in [1.29, 1.82) is 0 Å². The molecule has 1 aromatic rings. The Morgan fingerprint density at radius 2 is 1.78 bits per heavy atom. The number of carbonyl (C=O) groups is 1. The summed E-state index contributed by atoms with van der Waals surface area (Å²) in [6.07, 6.45) is 13.5. The molecule has 5 aliphatic rings. The van der Waals surface area contributed by atoms with Crippen LogP contribution in [0.2, 0.25) is 0 Å². The standard InChI is InChI=1S/C29H39NO3.C3H4/c1-28-12-11-22(31)17-20(28)5-8-23-25-9-10-26(32)29(25,2)18-24(27(23)28)19-3-6-21(7-4-19)30-13-15-33-16-14-30;1-3-2/h3-4,6-7,17,23-27,32H,5,8-16,18H2,1-2H3;1H,2H3. The summed E-state index contributed by atoms with van der Waals surface area (Å²) in [5.41, 5.74) is 4.26. The van der Waals surface area contributed by atoms with Crippen LogP contribution in [0.1, 0.15) is 77.2 Å². The predicted molar refractivity (Wildman–Crippen MR) is 145 cm³/mol. The molecule has 4 nitrogen and oxygen atoms in total. The number of hydrogen-bond acceptors (Lipinski definition) is 4. The van der Waals surface area contributed by atoms with Gasteiger partial charge in [-0.05, 0) is 104 Å². The Balaban J connectivity index is 0.000000848. The molecule has 0 amide bonds. The molecule has 6 rings (SSSR count). The Morgan fingerprint density at radius 1 is 1.08 bits per heavy atom. The SMILES string of the molecule is C#CC.CC12CCC(=O)C=C1CCC1C2C(c2ccc(N3CCOCC3)cc2)CC2(C)C(O)CCC12. The highest BCUT2D eigenvalue weighted by Gasteiger charge is 2.62. The van der Waals surface area contributed by atoms with E-state index in [1.807, 2.05) is 6.08 Å². The van der Waals surface area contributed by atoms with E-state index in [1.54, 1.807) is 6.92 Å². The van der Waals surface area contributed by atoms with Crippen molar-refractivity contribution in [2.24, 2.45) is 28.6 Å². The Kier molecular flexibility index (Phi) is 7.09. The normalized spacial score (nSPS) is 39.5. The fourth-order valence-corrected chi connectivity index (χ4v) is 8.80. The molecular formula is C32H43NO3. The maximum atomic E-state index is 12.3. The van der Waals surface area contributed by atoms with Crippen LogP contribution in [0.25, 0.3) is 0 Å². The van der Waals surface area contributed by atoms with Gasteiger partial charge in [0.05, 0.1) is 19.3 Å². The summed E-state index contributed by atoms with van der Waals surface area (Å²) in [6.45, 7) is 10.0. The van der Waals surface area contributed by atoms with E-state index in [1.165, 1.54) is 23.2 Å². The topological polar surface area (TPSA) is 49.8 Å². The molecule has 1 N–H and O–H groups in total. The van der Waals surface area contributed by atoms with Crippen LogP contribution in [0, 0.1) is 40.9 Å². The average Bonchev–Trinajstić information content (AvgIpc) is 3.19. The van der Waals surface area contributed by atoms with Gasteiger partial charge in [0.2, 0.25) is 0 Å². The quantitative estimate of drug-likeness (QED) is 0.538. The highest BCUT2D eigenvalue weighted by molar-refractivity contribution is 5.91. The van der Waals surface area contributed by atoms with Crippen LogP contribution in [-0.2, 0) is 9.53 Å². The lowest BCUT2D eigenvalue weighted by molar-refractivity contribution is -0.118. The van der Waals surface area contributed by atoms with Crippen LogP contribution in [0.3, 0.4) is 0 Å². The van der Waals surface area contributed by atoms with Crippen molar-refractivity contribution in [3.63, 3.8) is 0 Å². The maximum Gasteiger partial charge on any atom is 0.155 e. The number of hydrogen-bond donors (Lipinski definition) is 1. The largest absolute Gasteiger partial charge is 0.393 e. The molecule has 7 unspecified atom stereocenters. The second-order valence-electron chi connectivity index (χ2n) is 12.3. The first-order chi connectivity index (χ1) is 17.3. The molecule has 4 heteroatoms. The van der Waals surface area contributed by atoms with Crippen molar-refractivity contribution in [1.82, 2.24) is 0 Å². The van der Waals surface area contributed by atoms with Crippen LogP contribution >= 0.6 is 0 Å². The number of nitrogens with zero attached hydrogens (tertiary/aromatic N) is 1. The first kappa shape index (κ1) is 25.6. The summed E-state index contributed by atoms with van der Waals surface area (Å²) >= 11 is 0. The van der Waals surface area contributed by atoms with Crippen LogP contribution in [0.4, 0.5) is 5.69 Å². The molecule has 1 saturated heterocycles. The van der Waals surface area contributed by atoms with Gasteiger partial charge in [0, 0.05) is 25.2 Å². The molecule has 3 saturated carbocycles. The molecule has 1 aliphatic heterocycles. The van der Waals surface area contributed by atoms with Crippen molar-refractivity contribution in [3.05, 3.63) is 41.5 Å². The third-order valence-electron chi connectivity index (χ3n) is 10.6. The molecule has 0 radical (unpaired) electrons. The Bertz CT molecular complexity index is 1030. The van der Waals surface area contributed by atoms with E-state index in [9.17, 15) is 9.90 Å². The fourth-order valence-electron chi connectivity index (χ4n) is 8.80.